The van der Waals surface area contributed by atoms with Crippen LogP contribution in [0.3, 0.4) is 0 Å². The standard InChI is InChI=1S/C10H14ClNO2/c1-6(12)8-3-7(11)4-10(14-2)9(8)5-13/h3-4,6,13H,5,12H2,1-2H3. The largest absolute Gasteiger partial charge is 0.496 e. The quantitative estimate of drug-likeness (QED) is 0.809. The fraction of sp³-hybridized carbons (Fsp3) is 0.400. The molecule has 0 aromatic heterocycles. The normalized spacial score (nSPS) is 12.6. The Balaban J connectivity index is 3.31. The van der Waals surface area contributed by atoms with E-state index in [-0.39, 0.29) is 12.6 Å². The minimum atomic E-state index is -0.176. The molecule has 0 radical (unpaired) electrons. The predicted octanol–water partition coefficient (Wildman–Crippen LogP) is 1.86. The van der Waals surface area contributed by atoms with Crippen molar-refractivity contribution in [3.05, 3.63) is 28.3 Å². The van der Waals surface area contributed by atoms with Gasteiger partial charge in [0.1, 0.15) is 5.75 Å². The summed E-state index contributed by atoms with van der Waals surface area (Å²) >= 11 is 5.88. The minimum absolute atomic E-state index is 0.1000. The number of hydrogen-bond acceptors (Lipinski definition) is 3. The highest BCUT2D eigenvalue weighted by molar-refractivity contribution is 6.30. The Morgan fingerprint density at radius 3 is 2.64 bits per heavy atom. The summed E-state index contributed by atoms with van der Waals surface area (Å²) < 4.78 is 5.11. The smallest absolute Gasteiger partial charge is 0.126 e. The van der Waals surface area contributed by atoms with Gasteiger partial charge in [-0.3, -0.25) is 0 Å². The number of benzene rings is 1. The zero-order valence-electron chi connectivity index (χ0n) is 8.25. The van der Waals surface area contributed by atoms with E-state index in [4.69, 9.17) is 22.1 Å². The van der Waals surface area contributed by atoms with Crippen molar-refractivity contribution in [2.24, 2.45) is 5.73 Å². The summed E-state index contributed by atoms with van der Waals surface area (Å²) in [5.41, 5.74) is 7.27. The van der Waals surface area contributed by atoms with E-state index in [2.05, 4.69) is 0 Å². The van der Waals surface area contributed by atoms with Crippen LogP contribution >= 0.6 is 11.6 Å². The van der Waals surface area contributed by atoms with E-state index in [1.165, 1.54) is 7.11 Å². The van der Waals surface area contributed by atoms with Gasteiger partial charge in [-0.25, -0.2) is 0 Å². The molecule has 0 spiro atoms. The molecule has 0 aliphatic rings. The second-order valence-corrected chi connectivity index (χ2v) is 3.56. The first-order chi connectivity index (χ1) is 6.60. The van der Waals surface area contributed by atoms with Crippen LogP contribution < -0.4 is 10.5 Å². The number of ether oxygens (including phenoxy) is 1. The van der Waals surface area contributed by atoms with E-state index in [9.17, 15) is 5.11 Å². The van der Waals surface area contributed by atoms with E-state index in [1.54, 1.807) is 12.1 Å². The highest BCUT2D eigenvalue weighted by atomic mass is 35.5. The third-order valence-corrected chi connectivity index (χ3v) is 2.30. The molecular weight excluding hydrogens is 202 g/mol. The highest BCUT2D eigenvalue weighted by Crippen LogP contribution is 2.30. The van der Waals surface area contributed by atoms with Crippen LogP contribution in [0.2, 0.25) is 5.02 Å². The Kier molecular flexibility index (Phi) is 3.75. The number of hydrogen-bond donors (Lipinski definition) is 2. The van der Waals surface area contributed by atoms with Crippen LogP contribution in [0.1, 0.15) is 24.1 Å². The Morgan fingerprint density at radius 2 is 2.21 bits per heavy atom. The molecule has 4 heteroatoms. The minimum Gasteiger partial charge on any atom is -0.496 e. The Morgan fingerprint density at radius 1 is 1.57 bits per heavy atom. The molecule has 3 N–H and O–H groups in total. The molecule has 1 atom stereocenters. The molecule has 0 bridgehead atoms. The molecule has 0 saturated carbocycles. The first-order valence-electron chi connectivity index (χ1n) is 4.33. The van der Waals surface area contributed by atoms with E-state index in [1.807, 2.05) is 6.92 Å². The predicted molar refractivity (Wildman–Crippen MR) is 56.5 cm³/mol. The monoisotopic (exact) mass is 215 g/mol. The molecule has 0 heterocycles. The molecule has 1 aromatic carbocycles. The van der Waals surface area contributed by atoms with Gasteiger partial charge in [0.2, 0.25) is 0 Å². The SMILES string of the molecule is COc1cc(Cl)cc(C(C)N)c1CO. The zero-order chi connectivity index (χ0) is 10.7. The lowest BCUT2D eigenvalue weighted by atomic mass is 10.0. The van der Waals surface area contributed by atoms with E-state index >= 15 is 0 Å². The van der Waals surface area contributed by atoms with Crippen molar-refractivity contribution in [3.8, 4) is 5.75 Å². The maximum Gasteiger partial charge on any atom is 0.126 e. The molecule has 78 valence electrons. The van der Waals surface area contributed by atoms with Gasteiger partial charge >= 0.3 is 0 Å². The fourth-order valence-electron chi connectivity index (χ4n) is 1.39. The van der Waals surface area contributed by atoms with Gasteiger partial charge < -0.3 is 15.6 Å². The molecule has 1 unspecified atom stereocenters. The van der Waals surface area contributed by atoms with Crippen LogP contribution in [0.5, 0.6) is 5.75 Å². The lowest BCUT2D eigenvalue weighted by Crippen LogP contribution is -2.09. The zero-order valence-corrected chi connectivity index (χ0v) is 9.01. The van der Waals surface area contributed by atoms with Crippen molar-refractivity contribution in [2.75, 3.05) is 7.11 Å². The molecule has 14 heavy (non-hydrogen) atoms. The van der Waals surface area contributed by atoms with Gasteiger partial charge in [-0.15, -0.1) is 0 Å². The molecule has 1 aromatic rings. The average molecular weight is 216 g/mol. The third-order valence-electron chi connectivity index (χ3n) is 2.08. The van der Waals surface area contributed by atoms with Crippen molar-refractivity contribution in [1.82, 2.24) is 0 Å². The first kappa shape index (κ1) is 11.3. The van der Waals surface area contributed by atoms with Crippen molar-refractivity contribution in [3.63, 3.8) is 0 Å². The molecular formula is C10H14ClNO2. The number of methoxy groups -OCH3 is 1. The van der Waals surface area contributed by atoms with Crippen molar-refractivity contribution < 1.29 is 9.84 Å². The second-order valence-electron chi connectivity index (χ2n) is 3.12. The average Bonchev–Trinajstić information content (AvgIpc) is 2.16. The number of aliphatic hydroxyl groups is 1. The van der Waals surface area contributed by atoms with Gasteiger partial charge in [-0.2, -0.15) is 0 Å². The van der Waals surface area contributed by atoms with Gasteiger partial charge in [0.05, 0.1) is 13.7 Å². The number of halogens is 1. The second kappa shape index (κ2) is 4.64. The van der Waals surface area contributed by atoms with Crippen LogP contribution in [0.4, 0.5) is 0 Å². The summed E-state index contributed by atoms with van der Waals surface area (Å²) in [6, 6.07) is 3.24. The fourth-order valence-corrected chi connectivity index (χ4v) is 1.61. The summed E-state index contributed by atoms with van der Waals surface area (Å²) in [5, 5.41) is 9.75. The summed E-state index contributed by atoms with van der Waals surface area (Å²) in [4.78, 5) is 0. The number of nitrogens with two attached hydrogens (primary N) is 1. The van der Waals surface area contributed by atoms with Gasteiger partial charge in [0.15, 0.2) is 0 Å². The number of rotatable bonds is 3. The van der Waals surface area contributed by atoms with Crippen molar-refractivity contribution in [1.29, 1.82) is 0 Å². The highest BCUT2D eigenvalue weighted by Gasteiger charge is 2.12. The summed E-state index contributed by atoms with van der Waals surface area (Å²) in [5.74, 6) is 0.576. The molecule has 0 amide bonds. The maximum atomic E-state index is 9.19. The van der Waals surface area contributed by atoms with Gasteiger partial charge in [0, 0.05) is 16.6 Å². The Bertz CT molecular complexity index is 326. The molecule has 0 fully saturated rings. The molecule has 0 aliphatic heterocycles. The van der Waals surface area contributed by atoms with E-state index in [0.717, 1.165) is 5.56 Å². The van der Waals surface area contributed by atoms with Gasteiger partial charge in [-0.05, 0) is 24.6 Å². The molecule has 1 rings (SSSR count). The van der Waals surface area contributed by atoms with Crippen molar-refractivity contribution in [2.45, 2.75) is 19.6 Å². The lowest BCUT2D eigenvalue weighted by Gasteiger charge is -2.15. The van der Waals surface area contributed by atoms with E-state index < -0.39 is 0 Å². The van der Waals surface area contributed by atoms with E-state index in [0.29, 0.717) is 16.3 Å². The van der Waals surface area contributed by atoms with Crippen LogP contribution in [0.25, 0.3) is 0 Å². The topological polar surface area (TPSA) is 55.5 Å². The third kappa shape index (κ3) is 2.18. The van der Waals surface area contributed by atoms with Crippen LogP contribution in [0, 0.1) is 0 Å². The molecule has 0 aliphatic carbocycles. The van der Waals surface area contributed by atoms with Crippen LogP contribution in [-0.4, -0.2) is 12.2 Å². The van der Waals surface area contributed by atoms with Gasteiger partial charge in [-0.1, -0.05) is 11.6 Å². The lowest BCUT2D eigenvalue weighted by molar-refractivity contribution is 0.271. The number of aliphatic hydroxyl groups excluding tert-OH is 1. The van der Waals surface area contributed by atoms with Crippen molar-refractivity contribution >= 4 is 11.6 Å². The summed E-state index contributed by atoms with van der Waals surface area (Å²) in [6.45, 7) is 1.74. The van der Waals surface area contributed by atoms with Gasteiger partial charge in [0.25, 0.3) is 0 Å². The summed E-state index contributed by atoms with van der Waals surface area (Å²) in [6.07, 6.45) is 0. The maximum absolute atomic E-state index is 9.19. The Labute approximate surface area is 88.4 Å². The first-order valence-corrected chi connectivity index (χ1v) is 4.70. The van der Waals surface area contributed by atoms with Crippen LogP contribution in [0.15, 0.2) is 12.1 Å². The molecule has 3 nitrogen and oxygen atoms in total. The van der Waals surface area contributed by atoms with Crippen LogP contribution in [-0.2, 0) is 6.61 Å². The molecule has 0 saturated heterocycles. The Hall–Kier alpha value is -0.770. The summed E-state index contributed by atoms with van der Waals surface area (Å²) in [7, 11) is 1.54.